The Bertz CT molecular complexity index is 1040. The number of aromatic amines is 1. The van der Waals surface area contributed by atoms with E-state index in [2.05, 4.69) is 68.0 Å². The first-order valence-electron chi connectivity index (χ1n) is 9.45. The molecule has 0 bridgehead atoms. The van der Waals surface area contributed by atoms with Crippen LogP contribution in [0.4, 0.5) is 5.69 Å². The molecule has 1 N–H and O–H groups in total. The van der Waals surface area contributed by atoms with Gasteiger partial charge in [0.05, 0.1) is 23.6 Å². The van der Waals surface area contributed by atoms with E-state index in [1.165, 1.54) is 17.6 Å². The van der Waals surface area contributed by atoms with Gasteiger partial charge in [-0.15, -0.1) is 0 Å². The molecule has 2 unspecified atom stereocenters. The second-order valence-electron chi connectivity index (χ2n) is 7.44. The Kier molecular flexibility index (Phi) is 3.93. The Labute approximate surface area is 158 Å². The van der Waals surface area contributed by atoms with Crippen molar-refractivity contribution in [3.63, 3.8) is 0 Å². The third kappa shape index (κ3) is 2.99. The lowest BCUT2D eigenvalue weighted by molar-refractivity contribution is 0.482. The molecule has 27 heavy (non-hydrogen) atoms. The molecule has 2 atom stereocenters. The SMILES string of the molecule is CC1CC(Cn2cnc3cc(-c4cn[nH]c4)ccc32)CN1c1[c]cccc1. The van der Waals surface area contributed by atoms with Crippen LogP contribution in [0.25, 0.3) is 22.2 Å². The van der Waals surface area contributed by atoms with Crippen LogP contribution < -0.4 is 4.90 Å². The van der Waals surface area contributed by atoms with Crippen molar-refractivity contribution in [3.8, 4) is 11.1 Å². The van der Waals surface area contributed by atoms with Gasteiger partial charge < -0.3 is 9.47 Å². The monoisotopic (exact) mass is 356 g/mol. The summed E-state index contributed by atoms with van der Waals surface area (Å²) in [7, 11) is 0. The number of aromatic nitrogens is 4. The van der Waals surface area contributed by atoms with Gasteiger partial charge in [-0.05, 0) is 43.0 Å². The summed E-state index contributed by atoms with van der Waals surface area (Å²) in [5.74, 6) is 0.611. The van der Waals surface area contributed by atoms with Crippen LogP contribution in [-0.4, -0.2) is 32.3 Å². The van der Waals surface area contributed by atoms with Crippen molar-refractivity contribution in [2.75, 3.05) is 11.4 Å². The highest BCUT2D eigenvalue weighted by Crippen LogP contribution is 2.30. The predicted molar refractivity (Wildman–Crippen MR) is 108 cm³/mol. The van der Waals surface area contributed by atoms with Crippen LogP contribution in [0.15, 0.2) is 61.2 Å². The van der Waals surface area contributed by atoms with Gasteiger partial charge in [0.15, 0.2) is 0 Å². The minimum absolute atomic E-state index is 0.538. The van der Waals surface area contributed by atoms with E-state index >= 15 is 0 Å². The maximum Gasteiger partial charge on any atom is 0.0958 e. The van der Waals surface area contributed by atoms with Gasteiger partial charge in [0.25, 0.3) is 0 Å². The molecule has 0 amide bonds. The number of hydrogen-bond acceptors (Lipinski definition) is 3. The van der Waals surface area contributed by atoms with E-state index in [1.807, 2.05) is 30.9 Å². The van der Waals surface area contributed by atoms with Gasteiger partial charge in [-0.25, -0.2) is 4.98 Å². The zero-order valence-corrected chi connectivity index (χ0v) is 15.3. The Morgan fingerprint density at radius 2 is 2.19 bits per heavy atom. The van der Waals surface area contributed by atoms with Gasteiger partial charge in [-0.2, -0.15) is 5.10 Å². The van der Waals surface area contributed by atoms with Crippen LogP contribution in [0.2, 0.25) is 0 Å². The molecule has 1 saturated heterocycles. The molecule has 5 nitrogen and oxygen atoms in total. The number of benzene rings is 2. The number of rotatable bonds is 4. The maximum atomic E-state index is 4.64. The van der Waals surface area contributed by atoms with Crippen LogP contribution in [0.3, 0.4) is 0 Å². The average molecular weight is 356 g/mol. The van der Waals surface area contributed by atoms with E-state index in [1.54, 1.807) is 0 Å². The molecular formula is C22H22N5. The standard InChI is InChI=1S/C22H22N5/c1-16-9-17(14-27(16)20-5-3-2-4-6-20)13-26-15-23-21-10-18(7-8-22(21)26)19-11-24-25-12-19/h2-5,7-8,10-12,15-17H,9,13-14H2,1H3,(H,24,25). The molecule has 2 aromatic carbocycles. The largest absolute Gasteiger partial charge is 0.368 e. The quantitative estimate of drug-likeness (QED) is 0.598. The van der Waals surface area contributed by atoms with Gasteiger partial charge in [-0.1, -0.05) is 24.3 Å². The molecule has 5 rings (SSSR count). The summed E-state index contributed by atoms with van der Waals surface area (Å²) >= 11 is 0. The second-order valence-corrected chi connectivity index (χ2v) is 7.44. The summed E-state index contributed by atoms with van der Waals surface area (Å²) in [6.45, 7) is 4.37. The fourth-order valence-corrected chi connectivity index (χ4v) is 4.25. The number of hydrogen-bond donors (Lipinski definition) is 1. The van der Waals surface area contributed by atoms with E-state index < -0.39 is 0 Å². The minimum Gasteiger partial charge on any atom is -0.368 e. The van der Waals surface area contributed by atoms with Crippen LogP contribution in [-0.2, 0) is 6.54 Å². The first kappa shape index (κ1) is 16.1. The van der Waals surface area contributed by atoms with Gasteiger partial charge in [-0.3, -0.25) is 5.10 Å². The predicted octanol–water partition coefficient (Wildman–Crippen LogP) is 4.14. The first-order valence-corrected chi connectivity index (χ1v) is 9.45. The van der Waals surface area contributed by atoms with Gasteiger partial charge in [0.2, 0.25) is 0 Å². The summed E-state index contributed by atoms with van der Waals surface area (Å²) in [4.78, 5) is 7.11. The van der Waals surface area contributed by atoms with Crippen LogP contribution in [0.5, 0.6) is 0 Å². The molecule has 0 aliphatic carbocycles. The van der Waals surface area contributed by atoms with Crippen molar-refractivity contribution in [1.82, 2.24) is 19.7 Å². The van der Waals surface area contributed by atoms with Crippen LogP contribution in [0.1, 0.15) is 13.3 Å². The Morgan fingerprint density at radius 3 is 3.00 bits per heavy atom. The lowest BCUT2D eigenvalue weighted by Gasteiger charge is -2.23. The highest BCUT2D eigenvalue weighted by Gasteiger charge is 2.29. The van der Waals surface area contributed by atoms with Gasteiger partial charge >= 0.3 is 0 Å². The third-order valence-corrected chi connectivity index (χ3v) is 5.57. The zero-order chi connectivity index (χ0) is 18.2. The lowest BCUT2D eigenvalue weighted by Crippen LogP contribution is -2.27. The van der Waals surface area contributed by atoms with Gasteiger partial charge in [0.1, 0.15) is 0 Å². The molecule has 135 valence electrons. The van der Waals surface area contributed by atoms with E-state index in [9.17, 15) is 0 Å². The van der Waals surface area contributed by atoms with Crippen molar-refractivity contribution in [3.05, 3.63) is 67.3 Å². The van der Waals surface area contributed by atoms with Crippen molar-refractivity contribution in [1.29, 1.82) is 0 Å². The Morgan fingerprint density at radius 1 is 1.22 bits per heavy atom. The summed E-state index contributed by atoms with van der Waals surface area (Å²) in [6.07, 6.45) is 6.92. The Balaban J connectivity index is 1.36. The molecule has 1 radical (unpaired) electrons. The number of imidazole rings is 1. The van der Waals surface area contributed by atoms with Crippen molar-refractivity contribution < 1.29 is 0 Å². The highest BCUT2D eigenvalue weighted by molar-refractivity contribution is 5.81. The number of H-pyrrole nitrogens is 1. The zero-order valence-electron chi connectivity index (χ0n) is 15.3. The topological polar surface area (TPSA) is 49.7 Å². The molecule has 1 aliphatic heterocycles. The van der Waals surface area contributed by atoms with E-state index in [-0.39, 0.29) is 0 Å². The Hall–Kier alpha value is -3.08. The molecule has 1 fully saturated rings. The maximum absolute atomic E-state index is 4.64. The molecule has 3 heterocycles. The number of para-hydroxylation sites is 1. The summed E-state index contributed by atoms with van der Waals surface area (Å²) in [5, 5.41) is 6.90. The summed E-state index contributed by atoms with van der Waals surface area (Å²) in [6, 6.07) is 18.6. The average Bonchev–Trinajstić information content (AvgIpc) is 3.43. The smallest absolute Gasteiger partial charge is 0.0958 e. The molecule has 4 aromatic rings. The van der Waals surface area contributed by atoms with E-state index in [0.717, 1.165) is 29.7 Å². The van der Waals surface area contributed by atoms with Crippen molar-refractivity contribution >= 4 is 16.7 Å². The normalized spacial score (nSPS) is 19.8. The molecule has 1 aliphatic rings. The molecule has 0 spiro atoms. The van der Waals surface area contributed by atoms with E-state index in [0.29, 0.717) is 12.0 Å². The fourth-order valence-electron chi connectivity index (χ4n) is 4.25. The fraction of sp³-hybridized carbons (Fsp3) is 0.273. The third-order valence-electron chi connectivity index (χ3n) is 5.57. The summed E-state index contributed by atoms with van der Waals surface area (Å²) in [5.41, 5.74) is 5.66. The molecular weight excluding hydrogens is 334 g/mol. The van der Waals surface area contributed by atoms with E-state index in [4.69, 9.17) is 0 Å². The lowest BCUT2D eigenvalue weighted by atomic mass is 10.1. The molecule has 0 saturated carbocycles. The van der Waals surface area contributed by atoms with Crippen LogP contribution in [0, 0.1) is 12.0 Å². The second kappa shape index (κ2) is 6.58. The molecule has 5 heteroatoms. The van der Waals surface area contributed by atoms with Crippen molar-refractivity contribution in [2.24, 2.45) is 5.92 Å². The summed E-state index contributed by atoms with van der Waals surface area (Å²) < 4.78 is 2.30. The number of fused-ring (bicyclic) bond motifs is 1. The minimum atomic E-state index is 0.538. The number of nitrogens with zero attached hydrogens (tertiary/aromatic N) is 4. The van der Waals surface area contributed by atoms with Crippen molar-refractivity contribution in [2.45, 2.75) is 25.9 Å². The van der Waals surface area contributed by atoms with Gasteiger partial charge in [0, 0.05) is 42.6 Å². The molecule has 2 aromatic heterocycles. The number of nitrogens with one attached hydrogen (secondary N) is 1. The van der Waals surface area contributed by atoms with Crippen LogP contribution >= 0.6 is 0 Å². The number of anilines is 1. The first-order chi connectivity index (χ1) is 13.3. The highest BCUT2D eigenvalue weighted by atomic mass is 15.2.